The van der Waals surface area contributed by atoms with Gasteiger partial charge in [0.1, 0.15) is 0 Å². The number of aryl methyl sites for hydroxylation is 2. The van der Waals surface area contributed by atoms with E-state index in [0.717, 1.165) is 70.7 Å². The van der Waals surface area contributed by atoms with E-state index in [9.17, 15) is 4.79 Å². The Balaban J connectivity index is 1.26. The predicted molar refractivity (Wildman–Crippen MR) is 175 cm³/mol. The lowest BCUT2D eigenvalue weighted by atomic mass is 10.0. The number of amides is 2. The zero-order chi connectivity index (χ0) is 29.5. The van der Waals surface area contributed by atoms with Gasteiger partial charge in [-0.15, -0.1) is 0 Å². The van der Waals surface area contributed by atoms with Crippen molar-refractivity contribution in [3.05, 3.63) is 108 Å². The van der Waals surface area contributed by atoms with E-state index >= 15 is 0 Å². The summed E-state index contributed by atoms with van der Waals surface area (Å²) in [7, 11) is 2.17. The molecule has 5 aromatic rings. The van der Waals surface area contributed by atoms with Gasteiger partial charge in [0.15, 0.2) is 5.82 Å². The Labute approximate surface area is 252 Å². The van der Waals surface area contributed by atoms with Gasteiger partial charge in [0.05, 0.1) is 17.9 Å². The number of carbonyl (C=O) groups excluding carboxylic acids is 1. The van der Waals surface area contributed by atoms with Gasteiger partial charge < -0.3 is 15.1 Å². The summed E-state index contributed by atoms with van der Waals surface area (Å²) in [5.41, 5.74) is 6.81. The summed E-state index contributed by atoms with van der Waals surface area (Å²) in [5, 5.41) is 5.42. The SMILES string of the molecule is Cc1cccc(C)c1N1Cc2cnc(Nc3ccc(N4CCN(C)CC4)cc3)nc2N(c2cccc3ccccc23)C1=O. The van der Waals surface area contributed by atoms with Crippen LogP contribution in [0.5, 0.6) is 0 Å². The van der Waals surface area contributed by atoms with Crippen LogP contribution in [-0.4, -0.2) is 54.1 Å². The van der Waals surface area contributed by atoms with Gasteiger partial charge >= 0.3 is 6.03 Å². The number of benzene rings is 4. The van der Waals surface area contributed by atoms with Gasteiger partial charge in [-0.2, -0.15) is 4.98 Å². The van der Waals surface area contributed by atoms with Crippen LogP contribution in [0.1, 0.15) is 16.7 Å². The normalized spacial score (nSPS) is 15.6. The van der Waals surface area contributed by atoms with Crippen molar-refractivity contribution in [2.24, 2.45) is 0 Å². The van der Waals surface area contributed by atoms with Crippen LogP contribution in [0.15, 0.2) is 91.1 Å². The van der Waals surface area contributed by atoms with Crippen molar-refractivity contribution in [3.63, 3.8) is 0 Å². The van der Waals surface area contributed by atoms with Gasteiger partial charge in [-0.1, -0.05) is 54.6 Å². The second kappa shape index (κ2) is 11.0. The lowest BCUT2D eigenvalue weighted by molar-refractivity contribution is 0.252. The molecule has 43 heavy (non-hydrogen) atoms. The highest BCUT2D eigenvalue weighted by Gasteiger charge is 2.36. The third kappa shape index (κ3) is 5.04. The molecular weight excluding hydrogens is 534 g/mol. The minimum absolute atomic E-state index is 0.137. The number of likely N-dealkylation sites (N-methyl/N-ethyl adjacent to an activating group) is 1. The number of rotatable bonds is 5. The standard InChI is InChI=1S/C35H35N7O/c1-24-8-6-9-25(2)32(24)41-23-27-22-36-34(37-28-14-16-29(17-15-28)40-20-18-39(3)19-21-40)38-33(27)42(35(41)43)31-13-7-11-26-10-4-5-12-30(26)31/h4-17,22H,18-21,23H2,1-3H3,(H,36,37,38). The van der Waals surface area contributed by atoms with E-state index < -0.39 is 0 Å². The number of nitrogens with zero attached hydrogens (tertiary/aromatic N) is 6. The van der Waals surface area contributed by atoms with Gasteiger partial charge in [0.25, 0.3) is 0 Å². The summed E-state index contributed by atoms with van der Waals surface area (Å²) >= 11 is 0. The van der Waals surface area contributed by atoms with Gasteiger partial charge in [-0.25, -0.2) is 14.7 Å². The number of fused-ring (bicyclic) bond motifs is 2. The molecule has 0 aliphatic carbocycles. The second-order valence-electron chi connectivity index (χ2n) is 11.4. The molecule has 1 fully saturated rings. The molecule has 8 heteroatoms. The van der Waals surface area contributed by atoms with Crippen LogP contribution in [0.25, 0.3) is 10.8 Å². The van der Waals surface area contributed by atoms with Crippen LogP contribution >= 0.6 is 0 Å². The first kappa shape index (κ1) is 26.9. The van der Waals surface area contributed by atoms with E-state index in [0.29, 0.717) is 18.3 Å². The summed E-state index contributed by atoms with van der Waals surface area (Å²) in [5.74, 6) is 1.04. The number of hydrogen-bond acceptors (Lipinski definition) is 6. The van der Waals surface area contributed by atoms with Crippen molar-refractivity contribution in [3.8, 4) is 0 Å². The fraction of sp³-hybridized carbons (Fsp3) is 0.229. The molecule has 0 unspecified atom stereocenters. The molecule has 1 N–H and O–H groups in total. The van der Waals surface area contributed by atoms with E-state index in [4.69, 9.17) is 9.97 Å². The molecule has 2 aliphatic heterocycles. The lowest BCUT2D eigenvalue weighted by Crippen LogP contribution is -2.46. The van der Waals surface area contributed by atoms with E-state index in [1.54, 1.807) is 4.90 Å². The summed E-state index contributed by atoms with van der Waals surface area (Å²) < 4.78 is 0. The number of hydrogen-bond donors (Lipinski definition) is 1. The van der Waals surface area contributed by atoms with Crippen molar-refractivity contribution in [1.82, 2.24) is 14.9 Å². The average molecular weight is 570 g/mol. The summed E-state index contributed by atoms with van der Waals surface area (Å²) in [6, 6.07) is 28.6. The van der Waals surface area contributed by atoms with Gasteiger partial charge in [-0.05, 0) is 67.7 Å². The Morgan fingerprint density at radius 1 is 0.791 bits per heavy atom. The zero-order valence-corrected chi connectivity index (χ0v) is 24.8. The smallest absolute Gasteiger partial charge is 0.335 e. The first-order valence-corrected chi connectivity index (χ1v) is 14.8. The molecule has 7 rings (SSSR count). The number of piperazine rings is 1. The molecule has 216 valence electrons. The summed E-state index contributed by atoms with van der Waals surface area (Å²) in [6.45, 7) is 8.66. The minimum atomic E-state index is -0.137. The Hall–Kier alpha value is -4.95. The first-order chi connectivity index (χ1) is 21.0. The minimum Gasteiger partial charge on any atom is -0.369 e. The van der Waals surface area contributed by atoms with E-state index in [-0.39, 0.29) is 6.03 Å². The summed E-state index contributed by atoms with van der Waals surface area (Å²) in [6.07, 6.45) is 1.84. The number of carbonyl (C=O) groups is 1. The molecule has 0 saturated carbocycles. The van der Waals surface area contributed by atoms with Crippen LogP contribution < -0.4 is 20.0 Å². The lowest BCUT2D eigenvalue weighted by Gasteiger charge is -2.37. The monoisotopic (exact) mass is 569 g/mol. The van der Waals surface area contributed by atoms with E-state index in [1.807, 2.05) is 67.4 Å². The quantitative estimate of drug-likeness (QED) is 0.245. The fourth-order valence-corrected chi connectivity index (χ4v) is 6.19. The molecule has 0 bridgehead atoms. The molecule has 1 aromatic heterocycles. The van der Waals surface area contributed by atoms with Gasteiger partial charge in [0.2, 0.25) is 5.95 Å². The Bertz CT molecular complexity index is 1790. The maximum Gasteiger partial charge on any atom is 0.335 e. The molecule has 0 spiro atoms. The maximum absolute atomic E-state index is 14.5. The van der Waals surface area contributed by atoms with E-state index in [2.05, 4.69) is 64.6 Å². The molecule has 0 atom stereocenters. The Morgan fingerprint density at radius 3 is 2.26 bits per heavy atom. The number of urea groups is 1. The molecule has 4 aromatic carbocycles. The molecule has 2 amide bonds. The van der Waals surface area contributed by atoms with Crippen molar-refractivity contribution < 1.29 is 4.79 Å². The topological polar surface area (TPSA) is 67.8 Å². The van der Waals surface area contributed by atoms with Crippen molar-refractivity contribution in [2.45, 2.75) is 20.4 Å². The summed E-state index contributed by atoms with van der Waals surface area (Å²) in [4.78, 5) is 32.5. The van der Waals surface area contributed by atoms with Crippen LogP contribution in [0.3, 0.4) is 0 Å². The predicted octanol–water partition coefficient (Wildman–Crippen LogP) is 7.02. The van der Waals surface area contributed by atoms with Crippen molar-refractivity contribution in [2.75, 3.05) is 53.2 Å². The van der Waals surface area contributed by atoms with Gasteiger partial charge in [0, 0.05) is 54.7 Å². The first-order valence-electron chi connectivity index (χ1n) is 14.8. The maximum atomic E-state index is 14.5. The Kier molecular flexibility index (Phi) is 6.91. The van der Waals surface area contributed by atoms with Crippen LogP contribution in [-0.2, 0) is 6.54 Å². The Morgan fingerprint density at radius 2 is 1.49 bits per heavy atom. The molecule has 1 saturated heterocycles. The van der Waals surface area contributed by atoms with Crippen LogP contribution in [0, 0.1) is 13.8 Å². The second-order valence-corrected chi connectivity index (χ2v) is 11.4. The molecule has 0 radical (unpaired) electrons. The molecule has 8 nitrogen and oxygen atoms in total. The molecule has 3 heterocycles. The van der Waals surface area contributed by atoms with Crippen molar-refractivity contribution in [1.29, 1.82) is 0 Å². The number of nitrogens with one attached hydrogen (secondary N) is 1. The van der Waals surface area contributed by atoms with Gasteiger partial charge in [-0.3, -0.25) is 4.90 Å². The number of para-hydroxylation sites is 1. The molecular formula is C35H35N7O. The number of aromatic nitrogens is 2. The third-order valence-corrected chi connectivity index (χ3v) is 8.51. The highest BCUT2D eigenvalue weighted by molar-refractivity contribution is 6.15. The highest BCUT2D eigenvalue weighted by Crippen LogP contribution is 2.40. The van der Waals surface area contributed by atoms with Crippen LogP contribution in [0.4, 0.5) is 39.3 Å². The largest absolute Gasteiger partial charge is 0.369 e. The zero-order valence-electron chi connectivity index (χ0n) is 24.8. The van der Waals surface area contributed by atoms with E-state index in [1.165, 1.54) is 5.69 Å². The number of anilines is 6. The molecule has 2 aliphatic rings. The van der Waals surface area contributed by atoms with Crippen LogP contribution in [0.2, 0.25) is 0 Å². The van der Waals surface area contributed by atoms with Crippen molar-refractivity contribution >= 4 is 51.3 Å². The third-order valence-electron chi connectivity index (χ3n) is 8.51. The highest BCUT2D eigenvalue weighted by atomic mass is 16.2. The fourth-order valence-electron chi connectivity index (χ4n) is 6.19. The average Bonchev–Trinajstić information content (AvgIpc) is 3.02.